The number of nitrogens with zero attached hydrogens (tertiary/aromatic N) is 3. The second-order valence-electron chi connectivity index (χ2n) is 7.33. The van der Waals surface area contributed by atoms with E-state index in [1.54, 1.807) is 0 Å². The highest BCUT2D eigenvalue weighted by molar-refractivity contribution is 5.79. The van der Waals surface area contributed by atoms with Gasteiger partial charge in [0.2, 0.25) is 5.60 Å². The van der Waals surface area contributed by atoms with Crippen LogP contribution in [0.15, 0.2) is 41.7 Å². The van der Waals surface area contributed by atoms with Gasteiger partial charge in [0.25, 0.3) is 0 Å². The van der Waals surface area contributed by atoms with Gasteiger partial charge in [0, 0.05) is 39.0 Å². The second-order valence-corrected chi connectivity index (χ2v) is 7.33. The molecule has 166 valence electrons. The number of aryl methyl sites for hydroxylation is 2. The molecule has 2 aromatic rings. The highest BCUT2D eigenvalue weighted by atomic mass is 19.4. The van der Waals surface area contributed by atoms with Crippen LogP contribution >= 0.6 is 0 Å². The third-order valence-electron chi connectivity index (χ3n) is 4.80. The molecule has 0 bridgehead atoms. The van der Waals surface area contributed by atoms with E-state index in [1.165, 1.54) is 24.0 Å². The van der Waals surface area contributed by atoms with Gasteiger partial charge in [-0.05, 0) is 18.9 Å². The Balaban J connectivity index is 2.08. The lowest BCUT2D eigenvalue weighted by molar-refractivity contribution is -0.272. The highest BCUT2D eigenvalue weighted by Crippen LogP contribution is 2.40. The molecular weight excluding hydrogens is 395 g/mol. The van der Waals surface area contributed by atoms with Crippen molar-refractivity contribution in [3.05, 3.63) is 53.6 Å². The monoisotopic (exact) mass is 425 g/mol. The van der Waals surface area contributed by atoms with Gasteiger partial charge in [-0.3, -0.25) is 0 Å². The van der Waals surface area contributed by atoms with Gasteiger partial charge >= 0.3 is 6.18 Å². The van der Waals surface area contributed by atoms with E-state index < -0.39 is 24.0 Å². The minimum Gasteiger partial charge on any atom is -0.374 e. The first-order chi connectivity index (χ1) is 14.2. The van der Waals surface area contributed by atoms with Crippen molar-refractivity contribution in [2.75, 3.05) is 13.1 Å². The maximum atomic E-state index is 13.6. The van der Waals surface area contributed by atoms with Crippen molar-refractivity contribution in [3.63, 3.8) is 0 Å². The molecule has 0 saturated carbocycles. The van der Waals surface area contributed by atoms with Gasteiger partial charge in [-0.2, -0.15) is 13.2 Å². The maximum Gasteiger partial charge on any atom is 0.424 e. The van der Waals surface area contributed by atoms with Gasteiger partial charge in [0.1, 0.15) is 5.82 Å². The van der Waals surface area contributed by atoms with Crippen molar-refractivity contribution in [2.24, 2.45) is 12.0 Å². The predicted octanol–water partition coefficient (Wildman–Crippen LogP) is 3.40. The Morgan fingerprint density at radius 1 is 1.17 bits per heavy atom. The Labute approximate surface area is 175 Å². The Bertz CT molecular complexity index is 817. The summed E-state index contributed by atoms with van der Waals surface area (Å²) < 4.78 is 42.1. The van der Waals surface area contributed by atoms with Crippen molar-refractivity contribution in [1.82, 2.24) is 20.2 Å². The number of nitrogens with one attached hydrogen (secondary N) is 2. The molecule has 0 radical (unpaired) electrons. The normalized spacial score (nSPS) is 14.4. The number of guanidine groups is 1. The molecule has 2 rings (SSSR count). The van der Waals surface area contributed by atoms with Crippen molar-refractivity contribution in [3.8, 4) is 0 Å². The zero-order valence-corrected chi connectivity index (χ0v) is 17.6. The average Bonchev–Trinajstić information content (AvgIpc) is 3.12. The van der Waals surface area contributed by atoms with E-state index in [0.717, 1.165) is 24.0 Å². The SMILES string of the molecule is CCCCNC(=NCc1ccc(C)cc1)NCCC(O)(c1nccn1C)C(F)(F)F. The highest BCUT2D eigenvalue weighted by Gasteiger charge is 2.57. The quantitative estimate of drug-likeness (QED) is 0.327. The van der Waals surface area contributed by atoms with E-state index in [-0.39, 0.29) is 6.54 Å². The van der Waals surface area contributed by atoms with Gasteiger partial charge in [-0.25, -0.2) is 9.98 Å². The molecule has 0 spiro atoms. The summed E-state index contributed by atoms with van der Waals surface area (Å²) in [6, 6.07) is 7.90. The fourth-order valence-corrected chi connectivity index (χ4v) is 2.93. The van der Waals surface area contributed by atoms with Crippen LogP contribution in [-0.4, -0.2) is 39.9 Å². The summed E-state index contributed by atoms with van der Waals surface area (Å²) in [5.74, 6) is -0.0257. The number of halogens is 3. The van der Waals surface area contributed by atoms with Crippen LogP contribution in [-0.2, 0) is 19.2 Å². The van der Waals surface area contributed by atoms with Crippen LogP contribution in [0.5, 0.6) is 0 Å². The molecule has 9 heteroatoms. The average molecular weight is 425 g/mol. The smallest absolute Gasteiger partial charge is 0.374 e. The van der Waals surface area contributed by atoms with Crippen LogP contribution in [0.25, 0.3) is 0 Å². The van der Waals surface area contributed by atoms with Crippen molar-refractivity contribution in [1.29, 1.82) is 0 Å². The van der Waals surface area contributed by atoms with E-state index >= 15 is 0 Å². The molecule has 3 N–H and O–H groups in total. The fourth-order valence-electron chi connectivity index (χ4n) is 2.93. The number of imidazole rings is 1. The minimum absolute atomic E-state index is 0.130. The van der Waals surface area contributed by atoms with Crippen LogP contribution in [0.4, 0.5) is 13.2 Å². The van der Waals surface area contributed by atoms with E-state index in [1.807, 2.05) is 31.2 Å². The first kappa shape index (κ1) is 23.7. The lowest BCUT2D eigenvalue weighted by atomic mass is 9.97. The van der Waals surface area contributed by atoms with Crippen LogP contribution in [0.3, 0.4) is 0 Å². The Hall–Kier alpha value is -2.55. The molecule has 1 unspecified atom stereocenters. The van der Waals surface area contributed by atoms with Crippen LogP contribution < -0.4 is 10.6 Å². The summed E-state index contributed by atoms with van der Waals surface area (Å²) in [6.45, 7) is 4.96. The molecule has 1 aromatic heterocycles. The lowest BCUT2D eigenvalue weighted by Crippen LogP contribution is -2.48. The number of aliphatic hydroxyl groups is 1. The molecule has 0 aliphatic carbocycles. The van der Waals surface area contributed by atoms with Crippen LogP contribution in [0.1, 0.15) is 43.1 Å². The predicted molar refractivity (Wildman–Crippen MR) is 111 cm³/mol. The number of alkyl halides is 3. The third-order valence-corrected chi connectivity index (χ3v) is 4.80. The van der Waals surface area contributed by atoms with Crippen LogP contribution in [0, 0.1) is 6.92 Å². The molecule has 1 aromatic carbocycles. The molecule has 0 fully saturated rings. The first-order valence-corrected chi connectivity index (χ1v) is 10.0. The molecule has 1 atom stereocenters. The van der Waals surface area contributed by atoms with E-state index in [4.69, 9.17) is 0 Å². The zero-order valence-electron chi connectivity index (χ0n) is 17.6. The van der Waals surface area contributed by atoms with Gasteiger partial charge in [-0.1, -0.05) is 43.2 Å². The molecule has 0 aliphatic heterocycles. The number of unbranched alkanes of at least 4 members (excludes halogenated alkanes) is 1. The molecule has 0 saturated heterocycles. The topological polar surface area (TPSA) is 74.5 Å². The molecule has 30 heavy (non-hydrogen) atoms. The summed E-state index contributed by atoms with van der Waals surface area (Å²) >= 11 is 0. The number of rotatable bonds is 9. The zero-order chi connectivity index (χ0) is 22.2. The van der Waals surface area contributed by atoms with E-state index in [0.29, 0.717) is 19.0 Å². The Morgan fingerprint density at radius 2 is 1.83 bits per heavy atom. The number of hydrogen-bond donors (Lipinski definition) is 3. The van der Waals surface area contributed by atoms with Gasteiger partial charge in [-0.15, -0.1) is 0 Å². The molecule has 0 amide bonds. The van der Waals surface area contributed by atoms with Crippen LogP contribution in [0.2, 0.25) is 0 Å². The van der Waals surface area contributed by atoms with Crippen molar-refractivity contribution in [2.45, 2.75) is 51.4 Å². The Morgan fingerprint density at radius 3 is 2.40 bits per heavy atom. The summed E-state index contributed by atoms with van der Waals surface area (Å²) in [6.07, 6.45) is -0.959. The second kappa shape index (κ2) is 10.5. The summed E-state index contributed by atoms with van der Waals surface area (Å²) in [4.78, 5) is 8.18. The molecule has 1 heterocycles. The first-order valence-electron chi connectivity index (χ1n) is 10.0. The number of hydrogen-bond acceptors (Lipinski definition) is 3. The summed E-state index contributed by atoms with van der Waals surface area (Å²) in [5.41, 5.74) is -0.913. The summed E-state index contributed by atoms with van der Waals surface area (Å²) in [7, 11) is 1.42. The largest absolute Gasteiger partial charge is 0.424 e. The van der Waals surface area contributed by atoms with Gasteiger partial charge < -0.3 is 20.3 Å². The van der Waals surface area contributed by atoms with Gasteiger partial charge in [0.15, 0.2) is 5.96 Å². The molecule has 6 nitrogen and oxygen atoms in total. The molecule has 0 aliphatic rings. The van der Waals surface area contributed by atoms with Gasteiger partial charge in [0.05, 0.1) is 6.54 Å². The van der Waals surface area contributed by atoms with Crippen molar-refractivity contribution < 1.29 is 18.3 Å². The Kier molecular flexibility index (Phi) is 8.28. The number of benzene rings is 1. The number of aromatic nitrogens is 2. The fraction of sp³-hybridized carbons (Fsp3) is 0.524. The molecular formula is C21H30F3N5O. The standard InChI is InChI=1S/C21H30F3N5O/c1-4-5-11-26-19(28-15-17-8-6-16(2)7-9-17)27-12-10-20(30,21(22,23)24)18-25-13-14-29(18)3/h6-9,13-14,30H,4-5,10-12,15H2,1-3H3,(H2,26,27,28). The number of aliphatic imine (C=N–C) groups is 1. The summed E-state index contributed by atoms with van der Waals surface area (Å²) in [5, 5.41) is 16.5. The third kappa shape index (κ3) is 6.22. The minimum atomic E-state index is -4.86. The van der Waals surface area contributed by atoms with E-state index in [2.05, 4.69) is 27.5 Å². The maximum absolute atomic E-state index is 13.6. The van der Waals surface area contributed by atoms with E-state index in [9.17, 15) is 18.3 Å². The lowest BCUT2D eigenvalue weighted by Gasteiger charge is -2.30. The van der Waals surface area contributed by atoms with Crippen molar-refractivity contribution >= 4 is 5.96 Å².